The summed E-state index contributed by atoms with van der Waals surface area (Å²) in [7, 11) is 0. The maximum absolute atomic E-state index is 4.40. The summed E-state index contributed by atoms with van der Waals surface area (Å²) in [5.41, 5.74) is 3.34. The highest BCUT2D eigenvalue weighted by molar-refractivity contribution is 5.97. The molecule has 0 bridgehead atoms. The minimum Gasteiger partial charge on any atom is -0.261 e. The van der Waals surface area contributed by atoms with Crippen LogP contribution in [0.1, 0.15) is 5.56 Å². The molecule has 2 heteroatoms. The van der Waals surface area contributed by atoms with Crippen molar-refractivity contribution in [3.63, 3.8) is 0 Å². The second-order valence-electron chi connectivity index (χ2n) is 4.07. The molecule has 3 rings (SSSR count). The van der Waals surface area contributed by atoms with E-state index in [1.807, 2.05) is 6.20 Å². The summed E-state index contributed by atoms with van der Waals surface area (Å²) >= 11 is 0. The van der Waals surface area contributed by atoms with Gasteiger partial charge in [0, 0.05) is 18.0 Å². The first-order chi connectivity index (χ1) is 8.36. The van der Waals surface area contributed by atoms with Gasteiger partial charge in [0.1, 0.15) is 0 Å². The van der Waals surface area contributed by atoms with E-state index >= 15 is 0 Å². The molecule has 0 aliphatic rings. The minimum absolute atomic E-state index is 0.932. The summed E-state index contributed by atoms with van der Waals surface area (Å²) in [4.78, 5) is 8.54. The van der Waals surface area contributed by atoms with E-state index in [0.717, 1.165) is 5.69 Å². The lowest BCUT2D eigenvalue weighted by molar-refractivity contribution is 1.20. The van der Waals surface area contributed by atoms with E-state index in [0.29, 0.717) is 0 Å². The molecule has 0 unspecified atom stereocenters. The molecule has 0 radical (unpaired) electrons. The van der Waals surface area contributed by atoms with Crippen molar-refractivity contribution in [1.82, 2.24) is 9.97 Å². The van der Waals surface area contributed by atoms with Crippen molar-refractivity contribution in [3.05, 3.63) is 60.6 Å². The normalized spacial score (nSPS) is 10.6. The number of hydrogen-bond donors (Lipinski definition) is 0. The van der Waals surface area contributed by atoms with Gasteiger partial charge in [-0.05, 0) is 23.3 Å². The fourth-order valence-corrected chi connectivity index (χ4v) is 2.15. The highest BCUT2D eigenvalue weighted by Crippen LogP contribution is 2.29. The van der Waals surface area contributed by atoms with Crippen LogP contribution in [0, 0.1) is 6.92 Å². The van der Waals surface area contributed by atoms with Crippen LogP contribution in [0.3, 0.4) is 0 Å². The molecule has 82 valence electrons. The number of fused-ring (bicyclic) bond motifs is 1. The molecule has 2 nitrogen and oxygen atoms in total. The van der Waals surface area contributed by atoms with Crippen LogP contribution in [-0.2, 0) is 0 Å². The fraction of sp³-hybridized carbons (Fsp3) is 0.0667. The Labute approximate surface area is 100.0 Å². The van der Waals surface area contributed by atoms with Gasteiger partial charge in [0.05, 0.1) is 11.9 Å². The molecule has 0 spiro atoms. The molecule has 0 aliphatic carbocycles. The Bertz CT molecular complexity index is 660. The Balaban J connectivity index is 2.39. The van der Waals surface area contributed by atoms with E-state index in [-0.39, 0.29) is 0 Å². The van der Waals surface area contributed by atoms with Crippen molar-refractivity contribution < 1.29 is 0 Å². The van der Waals surface area contributed by atoms with Crippen LogP contribution in [0.15, 0.2) is 55.0 Å². The second-order valence-corrected chi connectivity index (χ2v) is 4.07. The fourth-order valence-electron chi connectivity index (χ4n) is 2.15. The first kappa shape index (κ1) is 9.97. The Kier molecular flexibility index (Phi) is 2.33. The molecule has 2 aromatic carbocycles. The molecule has 0 N–H and O–H groups in total. The average molecular weight is 220 g/mol. The molecule has 0 amide bonds. The van der Waals surface area contributed by atoms with Crippen molar-refractivity contribution in [2.24, 2.45) is 0 Å². The molecule has 17 heavy (non-hydrogen) atoms. The van der Waals surface area contributed by atoms with Gasteiger partial charge in [-0.2, -0.15) is 0 Å². The highest BCUT2D eigenvalue weighted by Gasteiger charge is 2.07. The van der Waals surface area contributed by atoms with Gasteiger partial charge in [0.2, 0.25) is 0 Å². The molecular weight excluding hydrogens is 208 g/mol. The molecule has 0 aliphatic heterocycles. The lowest BCUT2D eigenvalue weighted by Gasteiger charge is -2.09. The van der Waals surface area contributed by atoms with Gasteiger partial charge in [0.25, 0.3) is 0 Å². The lowest BCUT2D eigenvalue weighted by atomic mass is 9.98. The first-order valence-electron chi connectivity index (χ1n) is 5.61. The summed E-state index contributed by atoms with van der Waals surface area (Å²) in [6, 6.07) is 12.6. The van der Waals surface area contributed by atoms with E-state index in [9.17, 15) is 0 Å². The molecule has 1 heterocycles. The number of aromatic nitrogens is 2. The Morgan fingerprint density at radius 1 is 0.941 bits per heavy atom. The number of aryl methyl sites for hydroxylation is 1. The van der Waals surface area contributed by atoms with Crippen molar-refractivity contribution in [2.45, 2.75) is 6.92 Å². The van der Waals surface area contributed by atoms with Crippen molar-refractivity contribution in [1.29, 1.82) is 0 Å². The lowest BCUT2D eigenvalue weighted by Crippen LogP contribution is -1.89. The van der Waals surface area contributed by atoms with Gasteiger partial charge in [-0.3, -0.25) is 9.97 Å². The van der Waals surface area contributed by atoms with E-state index in [1.165, 1.54) is 21.9 Å². The zero-order valence-corrected chi connectivity index (χ0v) is 9.59. The zero-order valence-electron chi connectivity index (χ0n) is 9.59. The maximum atomic E-state index is 4.40. The van der Waals surface area contributed by atoms with Crippen LogP contribution in [0.5, 0.6) is 0 Å². The van der Waals surface area contributed by atoms with E-state index in [2.05, 4.69) is 53.3 Å². The van der Waals surface area contributed by atoms with Crippen LogP contribution < -0.4 is 0 Å². The monoisotopic (exact) mass is 220 g/mol. The topological polar surface area (TPSA) is 25.8 Å². The van der Waals surface area contributed by atoms with Crippen LogP contribution >= 0.6 is 0 Å². The van der Waals surface area contributed by atoms with Crippen molar-refractivity contribution >= 4 is 10.8 Å². The molecule has 0 atom stereocenters. The minimum atomic E-state index is 0.932. The standard InChI is InChI=1S/C15H12N2/c1-11-6-7-12-4-2-3-5-13(12)15(11)14-10-16-8-9-17-14/h2-10H,1H3. The molecule has 0 saturated carbocycles. The largest absolute Gasteiger partial charge is 0.261 e. The Hall–Kier alpha value is -2.22. The highest BCUT2D eigenvalue weighted by atomic mass is 14.8. The van der Waals surface area contributed by atoms with Gasteiger partial charge in [0.15, 0.2) is 0 Å². The van der Waals surface area contributed by atoms with Crippen LogP contribution in [-0.4, -0.2) is 9.97 Å². The van der Waals surface area contributed by atoms with Crippen LogP contribution in [0.4, 0.5) is 0 Å². The van der Waals surface area contributed by atoms with Crippen molar-refractivity contribution in [3.8, 4) is 11.3 Å². The SMILES string of the molecule is Cc1ccc2ccccc2c1-c1cnccn1. The third-order valence-electron chi connectivity index (χ3n) is 2.96. The van der Waals surface area contributed by atoms with E-state index in [4.69, 9.17) is 0 Å². The summed E-state index contributed by atoms with van der Waals surface area (Å²) in [6.45, 7) is 2.11. The number of rotatable bonds is 1. The number of hydrogen-bond acceptors (Lipinski definition) is 2. The van der Waals surface area contributed by atoms with E-state index < -0.39 is 0 Å². The van der Waals surface area contributed by atoms with Gasteiger partial charge < -0.3 is 0 Å². The third-order valence-corrected chi connectivity index (χ3v) is 2.96. The molecule has 0 saturated heterocycles. The predicted molar refractivity (Wildman–Crippen MR) is 69.7 cm³/mol. The van der Waals surface area contributed by atoms with Gasteiger partial charge in [-0.15, -0.1) is 0 Å². The summed E-state index contributed by atoms with van der Waals surface area (Å²) < 4.78 is 0. The second kappa shape index (κ2) is 3.98. The average Bonchev–Trinajstić information content (AvgIpc) is 2.39. The summed E-state index contributed by atoms with van der Waals surface area (Å²) in [5.74, 6) is 0. The number of benzene rings is 2. The zero-order chi connectivity index (χ0) is 11.7. The molecule has 1 aromatic heterocycles. The number of nitrogens with zero attached hydrogens (tertiary/aromatic N) is 2. The van der Waals surface area contributed by atoms with Crippen LogP contribution in [0.2, 0.25) is 0 Å². The molecule has 3 aromatic rings. The van der Waals surface area contributed by atoms with Crippen molar-refractivity contribution in [2.75, 3.05) is 0 Å². The van der Waals surface area contributed by atoms with E-state index in [1.54, 1.807) is 12.4 Å². The smallest absolute Gasteiger partial charge is 0.0894 e. The first-order valence-corrected chi connectivity index (χ1v) is 5.61. The summed E-state index contributed by atoms with van der Waals surface area (Å²) in [6.07, 6.45) is 5.25. The maximum Gasteiger partial charge on any atom is 0.0894 e. The van der Waals surface area contributed by atoms with Gasteiger partial charge in [-0.1, -0.05) is 36.4 Å². The van der Waals surface area contributed by atoms with Crippen LogP contribution in [0.25, 0.3) is 22.0 Å². The van der Waals surface area contributed by atoms with Gasteiger partial charge in [-0.25, -0.2) is 0 Å². The Morgan fingerprint density at radius 3 is 2.65 bits per heavy atom. The quantitative estimate of drug-likeness (QED) is 0.626. The molecular formula is C15H12N2. The predicted octanol–water partition coefficient (Wildman–Crippen LogP) is 3.61. The molecule has 0 fully saturated rings. The third kappa shape index (κ3) is 1.68. The Morgan fingerprint density at radius 2 is 1.82 bits per heavy atom. The van der Waals surface area contributed by atoms with Gasteiger partial charge >= 0.3 is 0 Å². The summed E-state index contributed by atoms with van der Waals surface area (Å²) in [5, 5.41) is 2.46.